The van der Waals surface area contributed by atoms with Crippen molar-refractivity contribution in [3.63, 3.8) is 0 Å². The molecule has 4 rings (SSSR count). The van der Waals surface area contributed by atoms with E-state index < -0.39 is 0 Å². The third-order valence-electron chi connectivity index (χ3n) is 5.35. The predicted molar refractivity (Wildman–Crippen MR) is 105 cm³/mol. The van der Waals surface area contributed by atoms with Gasteiger partial charge in [0.2, 0.25) is 0 Å². The van der Waals surface area contributed by atoms with Gasteiger partial charge >= 0.3 is 0 Å². The molecule has 2 aliphatic rings. The van der Waals surface area contributed by atoms with Crippen LogP contribution in [0.3, 0.4) is 0 Å². The lowest BCUT2D eigenvalue weighted by molar-refractivity contribution is 0.0442. The van der Waals surface area contributed by atoms with Crippen molar-refractivity contribution in [3.05, 3.63) is 35.2 Å². The molecule has 26 heavy (non-hydrogen) atoms. The summed E-state index contributed by atoms with van der Waals surface area (Å²) in [6, 6.07) is 5.99. The average Bonchev–Trinajstić information content (AvgIpc) is 3.33. The predicted octanol–water partition coefficient (Wildman–Crippen LogP) is 3.37. The van der Waals surface area contributed by atoms with Gasteiger partial charge in [0, 0.05) is 30.5 Å². The highest BCUT2D eigenvalue weighted by atomic mass is 32.2. The highest BCUT2D eigenvalue weighted by Gasteiger charge is 2.31. The number of thioether (sulfide) groups is 1. The molecule has 0 spiro atoms. The second-order valence-corrected chi connectivity index (χ2v) is 8.36. The lowest BCUT2D eigenvalue weighted by Gasteiger charge is -2.31. The number of nitrogens with zero attached hydrogens (tertiary/aromatic N) is 3. The third kappa shape index (κ3) is 3.58. The number of ether oxygens (including phenoxy) is 1. The summed E-state index contributed by atoms with van der Waals surface area (Å²) in [7, 11) is 0. The zero-order valence-electron chi connectivity index (χ0n) is 15.4. The number of rotatable bonds is 4. The van der Waals surface area contributed by atoms with Gasteiger partial charge < -0.3 is 9.64 Å². The average molecular weight is 372 g/mol. The lowest BCUT2D eigenvalue weighted by Crippen LogP contribution is -2.44. The smallest absolute Gasteiger partial charge is 0.254 e. The van der Waals surface area contributed by atoms with E-state index in [0.29, 0.717) is 18.2 Å². The number of benzene rings is 1. The Labute approximate surface area is 158 Å². The van der Waals surface area contributed by atoms with E-state index in [0.717, 1.165) is 59.8 Å². The van der Waals surface area contributed by atoms with Gasteiger partial charge in [-0.2, -0.15) is 11.8 Å². The van der Waals surface area contributed by atoms with E-state index in [-0.39, 0.29) is 12.0 Å². The number of carbonyl (C=O) groups excluding carboxylic acids is 1. The van der Waals surface area contributed by atoms with Crippen molar-refractivity contribution in [1.82, 2.24) is 14.9 Å². The first-order valence-corrected chi connectivity index (χ1v) is 10.5. The molecule has 1 aromatic heterocycles. The summed E-state index contributed by atoms with van der Waals surface area (Å²) in [6.45, 7) is 5.43. The Morgan fingerprint density at radius 2 is 2.04 bits per heavy atom. The normalized spacial score (nSPS) is 22.8. The van der Waals surface area contributed by atoms with Crippen LogP contribution in [0.5, 0.6) is 0 Å². The topological polar surface area (TPSA) is 55.3 Å². The van der Waals surface area contributed by atoms with Crippen LogP contribution in [0.15, 0.2) is 18.2 Å². The first kappa shape index (κ1) is 17.7. The molecule has 0 N–H and O–H groups in total. The minimum Gasteiger partial charge on any atom is -0.376 e. The molecule has 2 aromatic rings. The van der Waals surface area contributed by atoms with E-state index in [4.69, 9.17) is 4.74 Å². The summed E-state index contributed by atoms with van der Waals surface area (Å²) >= 11 is 1.93. The molecule has 3 heterocycles. The van der Waals surface area contributed by atoms with E-state index in [9.17, 15) is 4.79 Å². The Morgan fingerprint density at radius 1 is 1.23 bits per heavy atom. The number of amides is 1. The number of aromatic nitrogens is 2. The molecule has 0 saturated carbocycles. The van der Waals surface area contributed by atoms with Gasteiger partial charge in [-0.15, -0.1) is 0 Å². The zero-order chi connectivity index (χ0) is 18.1. The SMILES string of the molecule is Cc1nc2ccc(C(=O)N(C[C@H]3CCCO3)[C@@H]3CCSC3)cc2nc1C. The van der Waals surface area contributed by atoms with Crippen molar-refractivity contribution in [3.8, 4) is 0 Å². The van der Waals surface area contributed by atoms with Crippen LogP contribution >= 0.6 is 11.8 Å². The van der Waals surface area contributed by atoms with Crippen molar-refractivity contribution in [2.75, 3.05) is 24.7 Å². The largest absolute Gasteiger partial charge is 0.376 e. The monoisotopic (exact) mass is 371 g/mol. The Hall–Kier alpha value is -1.66. The number of fused-ring (bicyclic) bond motifs is 1. The fourth-order valence-electron chi connectivity index (χ4n) is 3.70. The quantitative estimate of drug-likeness (QED) is 0.825. The first-order chi connectivity index (χ1) is 12.6. The van der Waals surface area contributed by atoms with Crippen molar-refractivity contribution in [1.29, 1.82) is 0 Å². The molecule has 1 amide bonds. The van der Waals surface area contributed by atoms with Crippen LogP contribution in [0, 0.1) is 13.8 Å². The molecule has 2 atom stereocenters. The van der Waals surface area contributed by atoms with Crippen LogP contribution in [0.4, 0.5) is 0 Å². The van der Waals surface area contributed by atoms with Crippen LogP contribution in [-0.4, -0.2) is 57.6 Å². The first-order valence-electron chi connectivity index (χ1n) is 9.37. The maximum absolute atomic E-state index is 13.3. The molecule has 0 bridgehead atoms. The van der Waals surface area contributed by atoms with Crippen molar-refractivity contribution >= 4 is 28.7 Å². The van der Waals surface area contributed by atoms with E-state index in [1.165, 1.54) is 0 Å². The van der Waals surface area contributed by atoms with E-state index >= 15 is 0 Å². The molecule has 0 aliphatic carbocycles. The minimum atomic E-state index is 0.0925. The van der Waals surface area contributed by atoms with Gasteiger partial charge in [-0.25, -0.2) is 9.97 Å². The summed E-state index contributed by atoms with van der Waals surface area (Å²) in [5, 5.41) is 0. The van der Waals surface area contributed by atoms with Crippen molar-refractivity contribution < 1.29 is 9.53 Å². The molecule has 1 aromatic carbocycles. The maximum atomic E-state index is 13.3. The third-order valence-corrected chi connectivity index (χ3v) is 6.50. The Bertz CT molecular complexity index is 814. The summed E-state index contributed by atoms with van der Waals surface area (Å²) < 4.78 is 5.81. The minimum absolute atomic E-state index is 0.0925. The Kier molecular flexibility index (Phi) is 5.14. The second kappa shape index (κ2) is 7.53. The maximum Gasteiger partial charge on any atom is 0.254 e. The van der Waals surface area contributed by atoms with Gasteiger partial charge in [-0.05, 0) is 57.1 Å². The second-order valence-electron chi connectivity index (χ2n) is 7.21. The summed E-state index contributed by atoms with van der Waals surface area (Å²) in [4.78, 5) is 24.6. The zero-order valence-corrected chi connectivity index (χ0v) is 16.2. The number of hydrogen-bond acceptors (Lipinski definition) is 5. The van der Waals surface area contributed by atoms with Gasteiger partial charge in [-0.3, -0.25) is 4.79 Å². The van der Waals surface area contributed by atoms with Crippen molar-refractivity contribution in [2.45, 2.75) is 45.3 Å². The Balaban J connectivity index is 1.63. The molecular formula is C20H25N3O2S. The summed E-state index contributed by atoms with van der Waals surface area (Å²) in [5.41, 5.74) is 4.17. The van der Waals surface area contributed by atoms with Crippen LogP contribution in [0.2, 0.25) is 0 Å². The molecule has 138 valence electrons. The molecule has 2 fully saturated rings. The molecule has 6 heteroatoms. The number of carbonyl (C=O) groups is 1. The van der Waals surface area contributed by atoms with Crippen LogP contribution in [-0.2, 0) is 4.74 Å². The molecule has 5 nitrogen and oxygen atoms in total. The number of hydrogen-bond donors (Lipinski definition) is 0. The Morgan fingerprint density at radius 3 is 2.73 bits per heavy atom. The molecule has 0 radical (unpaired) electrons. The molecular weight excluding hydrogens is 346 g/mol. The standard InChI is InChI=1S/C20H25N3O2S/c1-13-14(2)22-19-10-15(5-6-18(19)21-13)20(24)23(16-7-9-26-12-16)11-17-4-3-8-25-17/h5-6,10,16-17H,3-4,7-9,11-12H2,1-2H3/t16-,17-/m1/s1. The highest BCUT2D eigenvalue weighted by Crippen LogP contribution is 2.26. The van der Waals surface area contributed by atoms with Gasteiger partial charge in [-0.1, -0.05) is 0 Å². The van der Waals surface area contributed by atoms with Crippen LogP contribution in [0.1, 0.15) is 41.0 Å². The van der Waals surface area contributed by atoms with Gasteiger partial charge in [0.25, 0.3) is 5.91 Å². The van der Waals surface area contributed by atoms with Crippen LogP contribution < -0.4 is 0 Å². The van der Waals surface area contributed by atoms with Gasteiger partial charge in [0.15, 0.2) is 0 Å². The van der Waals surface area contributed by atoms with E-state index in [1.807, 2.05) is 48.7 Å². The van der Waals surface area contributed by atoms with Gasteiger partial charge in [0.05, 0.1) is 28.5 Å². The fraction of sp³-hybridized carbons (Fsp3) is 0.550. The van der Waals surface area contributed by atoms with E-state index in [1.54, 1.807) is 0 Å². The van der Waals surface area contributed by atoms with E-state index in [2.05, 4.69) is 9.97 Å². The fourth-order valence-corrected chi connectivity index (χ4v) is 4.93. The summed E-state index contributed by atoms with van der Waals surface area (Å²) in [6.07, 6.45) is 3.38. The lowest BCUT2D eigenvalue weighted by atomic mass is 10.1. The molecule has 2 saturated heterocycles. The highest BCUT2D eigenvalue weighted by molar-refractivity contribution is 7.99. The summed E-state index contributed by atoms with van der Waals surface area (Å²) in [5.74, 6) is 2.24. The molecule has 0 unspecified atom stereocenters. The van der Waals surface area contributed by atoms with Gasteiger partial charge in [0.1, 0.15) is 0 Å². The number of aryl methyl sites for hydroxylation is 2. The van der Waals surface area contributed by atoms with Crippen LogP contribution in [0.25, 0.3) is 11.0 Å². The molecule has 2 aliphatic heterocycles. The van der Waals surface area contributed by atoms with Crippen molar-refractivity contribution in [2.24, 2.45) is 0 Å².